The van der Waals surface area contributed by atoms with Gasteiger partial charge in [-0.3, -0.25) is 4.79 Å². The lowest BCUT2D eigenvalue weighted by molar-refractivity contribution is 0.597. The number of aromatic amines is 1. The summed E-state index contributed by atoms with van der Waals surface area (Å²) in [6.45, 7) is 0. The Balaban J connectivity index is 2.05. The summed E-state index contributed by atoms with van der Waals surface area (Å²) >= 11 is 0. The van der Waals surface area contributed by atoms with Crippen LogP contribution in [-0.2, 0) is 16.4 Å². The van der Waals surface area contributed by atoms with Gasteiger partial charge in [0.2, 0.25) is 10.0 Å². The number of hydrogen-bond acceptors (Lipinski definition) is 3. The maximum absolute atomic E-state index is 13.3. The first-order valence-electron chi connectivity index (χ1n) is 6.76. The molecule has 0 aliphatic carbocycles. The van der Waals surface area contributed by atoms with Gasteiger partial charge in [0.15, 0.2) is 0 Å². The van der Waals surface area contributed by atoms with E-state index in [9.17, 15) is 17.6 Å². The minimum atomic E-state index is -3.80. The molecule has 3 N–H and O–H groups in total. The van der Waals surface area contributed by atoms with Gasteiger partial charge in [-0.25, -0.2) is 17.9 Å². The van der Waals surface area contributed by atoms with E-state index in [0.29, 0.717) is 22.0 Å². The second kappa shape index (κ2) is 5.60. The molecule has 1 heterocycles. The Bertz CT molecular complexity index is 1060. The van der Waals surface area contributed by atoms with Crippen molar-refractivity contribution in [3.05, 3.63) is 75.8 Å². The molecule has 0 amide bonds. The Morgan fingerprint density at radius 2 is 1.87 bits per heavy atom. The molecule has 0 spiro atoms. The fraction of sp³-hybridized carbons (Fsp3) is 0.0625. The van der Waals surface area contributed by atoms with Gasteiger partial charge in [-0.1, -0.05) is 12.1 Å². The number of hydrogen-bond donors (Lipinski definition) is 2. The highest BCUT2D eigenvalue weighted by molar-refractivity contribution is 7.89. The van der Waals surface area contributed by atoms with Gasteiger partial charge in [-0.05, 0) is 42.0 Å². The molecule has 0 fully saturated rings. The normalized spacial score (nSPS) is 11.7. The van der Waals surface area contributed by atoms with E-state index in [4.69, 9.17) is 5.14 Å². The Kier molecular flexibility index (Phi) is 3.75. The van der Waals surface area contributed by atoms with E-state index < -0.39 is 15.8 Å². The van der Waals surface area contributed by atoms with Crippen molar-refractivity contribution >= 4 is 20.9 Å². The summed E-state index contributed by atoms with van der Waals surface area (Å²) in [5.41, 5.74) is 1.27. The summed E-state index contributed by atoms with van der Waals surface area (Å²) in [6.07, 6.45) is 0.213. The minimum Gasteiger partial charge on any atom is -0.322 e. The first kappa shape index (κ1) is 15.4. The highest BCUT2D eigenvalue weighted by atomic mass is 32.2. The fourth-order valence-corrected chi connectivity index (χ4v) is 2.99. The summed E-state index contributed by atoms with van der Waals surface area (Å²) in [7, 11) is -3.80. The molecule has 0 saturated heterocycles. The highest BCUT2D eigenvalue weighted by Crippen LogP contribution is 2.16. The minimum absolute atomic E-state index is 0.0155. The van der Waals surface area contributed by atoms with Crippen molar-refractivity contribution in [2.24, 2.45) is 5.14 Å². The Hall–Kier alpha value is -2.51. The van der Waals surface area contributed by atoms with E-state index in [1.807, 2.05) is 0 Å². The van der Waals surface area contributed by atoms with E-state index in [1.54, 1.807) is 18.2 Å². The molecular formula is C16H13FN2O3S. The SMILES string of the molecule is NS(=O)(=O)c1cccc(Cc2cc3cc(F)ccc3[nH]c2=O)c1. The van der Waals surface area contributed by atoms with E-state index in [1.165, 1.54) is 30.3 Å². The summed E-state index contributed by atoms with van der Waals surface area (Å²) < 4.78 is 36.1. The van der Waals surface area contributed by atoms with E-state index in [-0.39, 0.29) is 16.9 Å². The molecule has 23 heavy (non-hydrogen) atoms. The molecule has 3 aromatic rings. The van der Waals surface area contributed by atoms with Crippen molar-refractivity contribution in [3.8, 4) is 0 Å². The number of nitrogens with two attached hydrogens (primary N) is 1. The van der Waals surface area contributed by atoms with Gasteiger partial charge in [-0.15, -0.1) is 0 Å². The number of fused-ring (bicyclic) bond motifs is 1. The first-order valence-corrected chi connectivity index (χ1v) is 8.31. The maximum Gasteiger partial charge on any atom is 0.251 e. The predicted molar refractivity (Wildman–Crippen MR) is 85.1 cm³/mol. The zero-order valence-electron chi connectivity index (χ0n) is 11.9. The molecule has 2 aromatic carbocycles. The number of halogens is 1. The second-order valence-electron chi connectivity index (χ2n) is 5.22. The van der Waals surface area contributed by atoms with Crippen LogP contribution in [0.25, 0.3) is 10.9 Å². The monoisotopic (exact) mass is 332 g/mol. The number of pyridine rings is 1. The van der Waals surface area contributed by atoms with Crippen molar-refractivity contribution in [1.82, 2.24) is 4.98 Å². The third-order valence-electron chi connectivity index (χ3n) is 3.50. The lowest BCUT2D eigenvalue weighted by atomic mass is 10.0. The average Bonchev–Trinajstić information content (AvgIpc) is 2.48. The van der Waals surface area contributed by atoms with Gasteiger partial charge in [0.05, 0.1) is 4.90 Å². The van der Waals surface area contributed by atoms with Gasteiger partial charge < -0.3 is 4.98 Å². The molecule has 0 radical (unpaired) electrons. The standard InChI is InChI=1S/C16H13FN2O3S/c17-13-4-5-15-11(9-13)8-12(16(20)19-15)6-10-2-1-3-14(7-10)23(18,21)22/h1-5,7-9H,6H2,(H,19,20)(H2,18,21,22). The maximum atomic E-state index is 13.3. The fourth-order valence-electron chi connectivity index (χ4n) is 2.41. The lowest BCUT2D eigenvalue weighted by Crippen LogP contribution is -2.14. The molecule has 1 aromatic heterocycles. The van der Waals surface area contributed by atoms with Crippen LogP contribution in [0, 0.1) is 5.82 Å². The van der Waals surface area contributed by atoms with Gasteiger partial charge >= 0.3 is 0 Å². The van der Waals surface area contributed by atoms with Crippen LogP contribution in [0.1, 0.15) is 11.1 Å². The van der Waals surface area contributed by atoms with Crippen LogP contribution < -0.4 is 10.7 Å². The number of aromatic nitrogens is 1. The van der Waals surface area contributed by atoms with Crippen LogP contribution in [0.3, 0.4) is 0 Å². The molecule has 0 bridgehead atoms. The lowest BCUT2D eigenvalue weighted by Gasteiger charge is -2.06. The van der Waals surface area contributed by atoms with E-state index >= 15 is 0 Å². The number of primary sulfonamides is 1. The van der Waals surface area contributed by atoms with Crippen LogP contribution in [0.5, 0.6) is 0 Å². The van der Waals surface area contributed by atoms with Gasteiger partial charge in [-0.2, -0.15) is 0 Å². The topological polar surface area (TPSA) is 93.0 Å². The Morgan fingerprint density at radius 3 is 2.61 bits per heavy atom. The molecule has 5 nitrogen and oxygen atoms in total. The predicted octanol–water partition coefficient (Wildman–Crippen LogP) is 1.91. The Labute approximate surface area is 131 Å². The van der Waals surface area contributed by atoms with Crippen LogP contribution in [0.2, 0.25) is 0 Å². The van der Waals surface area contributed by atoms with Crippen LogP contribution in [-0.4, -0.2) is 13.4 Å². The molecule has 0 unspecified atom stereocenters. The molecule has 0 saturated carbocycles. The average molecular weight is 332 g/mol. The summed E-state index contributed by atoms with van der Waals surface area (Å²) in [5.74, 6) is -0.397. The largest absolute Gasteiger partial charge is 0.322 e. The number of rotatable bonds is 3. The van der Waals surface area contributed by atoms with Crippen LogP contribution in [0.15, 0.2) is 58.2 Å². The van der Waals surface area contributed by atoms with Gasteiger partial charge in [0.1, 0.15) is 5.82 Å². The molecule has 0 atom stereocenters. The number of nitrogens with one attached hydrogen (secondary N) is 1. The molecule has 7 heteroatoms. The first-order chi connectivity index (χ1) is 10.8. The second-order valence-corrected chi connectivity index (χ2v) is 6.79. The third-order valence-corrected chi connectivity index (χ3v) is 4.42. The van der Waals surface area contributed by atoms with Crippen molar-refractivity contribution < 1.29 is 12.8 Å². The number of sulfonamides is 1. The van der Waals surface area contributed by atoms with Gasteiger partial charge in [0.25, 0.3) is 5.56 Å². The van der Waals surface area contributed by atoms with Crippen molar-refractivity contribution in [2.45, 2.75) is 11.3 Å². The molecule has 0 aliphatic heterocycles. The number of H-pyrrole nitrogens is 1. The van der Waals surface area contributed by atoms with E-state index in [0.717, 1.165) is 0 Å². The molecule has 0 aliphatic rings. The smallest absolute Gasteiger partial charge is 0.251 e. The van der Waals surface area contributed by atoms with Gasteiger partial charge in [0, 0.05) is 22.9 Å². The third kappa shape index (κ3) is 3.30. The molecular weight excluding hydrogens is 319 g/mol. The van der Waals surface area contributed by atoms with Crippen molar-refractivity contribution in [3.63, 3.8) is 0 Å². The van der Waals surface area contributed by atoms with Crippen LogP contribution >= 0.6 is 0 Å². The summed E-state index contributed by atoms with van der Waals surface area (Å²) in [6, 6.07) is 11.8. The quantitative estimate of drug-likeness (QED) is 0.767. The Morgan fingerprint density at radius 1 is 1.09 bits per heavy atom. The zero-order chi connectivity index (χ0) is 16.6. The summed E-state index contributed by atoms with van der Waals surface area (Å²) in [4.78, 5) is 14.8. The number of benzene rings is 2. The summed E-state index contributed by atoms with van der Waals surface area (Å²) in [5, 5.41) is 5.67. The zero-order valence-corrected chi connectivity index (χ0v) is 12.7. The highest BCUT2D eigenvalue weighted by Gasteiger charge is 2.10. The molecule has 118 valence electrons. The van der Waals surface area contributed by atoms with Crippen molar-refractivity contribution in [1.29, 1.82) is 0 Å². The van der Waals surface area contributed by atoms with Crippen molar-refractivity contribution in [2.75, 3.05) is 0 Å². The molecule has 3 rings (SSSR count). The van der Waals surface area contributed by atoms with Crippen LogP contribution in [0.4, 0.5) is 4.39 Å². The van der Waals surface area contributed by atoms with E-state index in [2.05, 4.69) is 4.98 Å².